The Labute approximate surface area is 336 Å². The summed E-state index contributed by atoms with van der Waals surface area (Å²) in [5, 5.41) is 9.81. The molecule has 1 atom stereocenters. The second-order valence-electron chi connectivity index (χ2n) is 15.2. The Kier molecular flexibility index (Phi) is 7.25. The van der Waals surface area contributed by atoms with E-state index in [-0.39, 0.29) is 0 Å². The van der Waals surface area contributed by atoms with E-state index in [9.17, 15) is 0 Å². The third-order valence-electron chi connectivity index (χ3n) is 12.2. The van der Waals surface area contributed by atoms with Gasteiger partial charge in [0.1, 0.15) is 22.7 Å². The Balaban J connectivity index is 1.12. The topological polar surface area (TPSA) is 27.3 Å². The Hall–Kier alpha value is -7.40. The molecule has 2 aromatic heterocycles. The molecule has 3 heterocycles. The summed E-state index contributed by atoms with van der Waals surface area (Å²) in [5.74, 6) is 1.80. The quantitative estimate of drug-likeness (QED) is 0.164. The number of rotatable bonds is 5. The van der Waals surface area contributed by atoms with Crippen LogP contribution in [0.1, 0.15) is 0 Å². The second kappa shape index (κ2) is 12.8. The van der Waals surface area contributed by atoms with Crippen LogP contribution < -0.4 is 25.5 Å². The van der Waals surface area contributed by atoms with Gasteiger partial charge in [-0.1, -0.05) is 164 Å². The van der Waals surface area contributed by atoms with Crippen LogP contribution in [-0.2, 0) is 0 Å². The zero-order valence-corrected chi connectivity index (χ0v) is 32.5. The average Bonchev–Trinajstić information content (AvgIpc) is 3.84. The molecule has 0 saturated heterocycles. The van der Waals surface area contributed by atoms with Crippen molar-refractivity contribution in [3.63, 3.8) is 0 Å². The molecule has 1 unspecified atom stereocenters. The molecule has 272 valence electrons. The molecule has 0 bridgehead atoms. The number of aromatic nitrogens is 1. The minimum absolute atomic E-state index is 0.868. The fourth-order valence-corrected chi connectivity index (χ4v) is 14.6. The van der Waals surface area contributed by atoms with Crippen LogP contribution in [-0.4, -0.2) is 12.6 Å². The third kappa shape index (κ3) is 4.79. The van der Waals surface area contributed by atoms with E-state index < -0.39 is 8.07 Å². The Morgan fingerprint density at radius 3 is 1.83 bits per heavy atom. The second-order valence-corrected chi connectivity index (χ2v) is 18.9. The van der Waals surface area contributed by atoms with Crippen molar-refractivity contribution in [1.29, 1.82) is 0 Å². The van der Waals surface area contributed by atoms with Crippen LogP contribution in [0.2, 0.25) is 0 Å². The highest BCUT2D eigenvalue weighted by atomic mass is 28.3. The predicted octanol–water partition coefficient (Wildman–Crippen LogP) is 11.5. The highest BCUT2D eigenvalue weighted by Crippen LogP contribution is 2.40. The van der Waals surface area contributed by atoms with Crippen LogP contribution in [0.5, 0.6) is 11.5 Å². The first-order valence-electron chi connectivity index (χ1n) is 19.8. The van der Waals surface area contributed by atoms with Crippen LogP contribution in [0, 0.1) is 0 Å². The van der Waals surface area contributed by atoms with Gasteiger partial charge in [0, 0.05) is 32.8 Å². The molecule has 0 N–H and O–H groups in total. The van der Waals surface area contributed by atoms with E-state index in [1.807, 2.05) is 12.1 Å². The first-order valence-corrected chi connectivity index (χ1v) is 21.8. The monoisotopic (exact) mass is 757 g/mol. The number of hydrogen-bond donors (Lipinski definition) is 0. The zero-order chi connectivity index (χ0) is 38.2. The first-order chi connectivity index (χ1) is 28.8. The van der Waals surface area contributed by atoms with Crippen molar-refractivity contribution < 1.29 is 9.15 Å². The fourth-order valence-electron chi connectivity index (χ4n) is 9.60. The molecule has 58 heavy (non-hydrogen) atoms. The maximum Gasteiger partial charge on any atom is 0.188 e. The van der Waals surface area contributed by atoms with Gasteiger partial charge in [-0.15, -0.1) is 0 Å². The van der Waals surface area contributed by atoms with Gasteiger partial charge in [0.25, 0.3) is 0 Å². The van der Waals surface area contributed by atoms with Gasteiger partial charge < -0.3 is 13.7 Å². The van der Waals surface area contributed by atoms with Crippen molar-refractivity contribution in [2.45, 2.75) is 0 Å². The standard InChI is InChI=1S/C54H35NO2Si/c1-2-14-36(15-3-1)37-16-12-17-41(34-37)58(40-31-29-39(30-32-40)55-47-22-7-4-18-43(47)44-19-5-8-23-48(44)55)52-26-11-10-25-50(52)57-54-42(21-13-27-53(54)58)38-28-33-46-45-20-6-9-24-49(45)56-51(46)35-38/h1-35H. The molecule has 3 nitrogen and oxygen atoms in total. The molecule has 0 radical (unpaired) electrons. The molecule has 0 aliphatic carbocycles. The van der Waals surface area contributed by atoms with E-state index in [0.717, 1.165) is 50.3 Å². The summed E-state index contributed by atoms with van der Waals surface area (Å²) >= 11 is 0. The third-order valence-corrected chi connectivity index (χ3v) is 17.0. The summed E-state index contributed by atoms with van der Waals surface area (Å²) in [6, 6.07) is 77.1. The molecule has 0 fully saturated rings. The number of hydrogen-bond acceptors (Lipinski definition) is 2. The lowest BCUT2D eigenvalue weighted by atomic mass is 10.0. The lowest BCUT2D eigenvalue weighted by Gasteiger charge is -2.40. The molecular formula is C54H35NO2Si. The molecule has 0 spiro atoms. The summed E-state index contributed by atoms with van der Waals surface area (Å²) in [4.78, 5) is 0. The molecule has 9 aromatic carbocycles. The van der Waals surface area contributed by atoms with E-state index in [4.69, 9.17) is 9.15 Å². The van der Waals surface area contributed by atoms with Crippen LogP contribution in [0.15, 0.2) is 217 Å². The predicted molar refractivity (Wildman–Crippen MR) is 243 cm³/mol. The summed E-state index contributed by atoms with van der Waals surface area (Å²) in [6.07, 6.45) is 0. The minimum atomic E-state index is -3.06. The SMILES string of the molecule is c1ccc(-c2cccc([Si]3(c4ccc(-n5c6ccccc6c6ccccc65)cc4)c4ccccc4Oc4c(-c5ccc6c(c5)oc5ccccc56)cccc43)c2)cc1. The number of furan rings is 1. The Morgan fingerprint density at radius 1 is 0.379 bits per heavy atom. The van der Waals surface area contributed by atoms with Gasteiger partial charge in [-0.05, 0) is 86.0 Å². The van der Waals surface area contributed by atoms with Crippen LogP contribution in [0.4, 0.5) is 0 Å². The lowest BCUT2D eigenvalue weighted by molar-refractivity contribution is 0.489. The molecule has 0 amide bonds. The number of benzene rings is 9. The van der Waals surface area contributed by atoms with Gasteiger partial charge in [-0.2, -0.15) is 0 Å². The van der Waals surface area contributed by atoms with E-state index in [0.29, 0.717) is 0 Å². The summed E-state index contributed by atoms with van der Waals surface area (Å²) in [5.41, 5.74) is 9.80. The number of nitrogens with zero attached hydrogens (tertiary/aromatic N) is 1. The van der Waals surface area contributed by atoms with E-state index >= 15 is 0 Å². The van der Waals surface area contributed by atoms with Crippen molar-refractivity contribution in [3.8, 4) is 39.4 Å². The van der Waals surface area contributed by atoms with E-state index in [1.165, 1.54) is 53.7 Å². The van der Waals surface area contributed by atoms with Crippen molar-refractivity contribution >= 4 is 72.6 Å². The van der Waals surface area contributed by atoms with Crippen molar-refractivity contribution in [2.75, 3.05) is 0 Å². The van der Waals surface area contributed by atoms with Crippen molar-refractivity contribution in [1.82, 2.24) is 4.57 Å². The maximum atomic E-state index is 7.13. The van der Waals surface area contributed by atoms with Crippen molar-refractivity contribution in [2.24, 2.45) is 0 Å². The van der Waals surface area contributed by atoms with Crippen LogP contribution in [0.25, 0.3) is 71.7 Å². The smallest absolute Gasteiger partial charge is 0.188 e. The normalized spacial score (nSPS) is 14.8. The zero-order valence-electron chi connectivity index (χ0n) is 31.5. The Morgan fingerprint density at radius 2 is 1.02 bits per heavy atom. The molecule has 1 aliphatic heterocycles. The summed E-state index contributed by atoms with van der Waals surface area (Å²) < 4.78 is 15.9. The van der Waals surface area contributed by atoms with Gasteiger partial charge in [0.15, 0.2) is 8.07 Å². The molecule has 1 aliphatic rings. The van der Waals surface area contributed by atoms with E-state index in [2.05, 4.69) is 205 Å². The molecule has 12 rings (SSSR count). The van der Waals surface area contributed by atoms with Crippen LogP contribution >= 0.6 is 0 Å². The highest BCUT2D eigenvalue weighted by Gasteiger charge is 2.48. The van der Waals surface area contributed by atoms with Crippen molar-refractivity contribution in [3.05, 3.63) is 212 Å². The first kappa shape index (κ1) is 32.8. The number of fused-ring (bicyclic) bond motifs is 8. The highest BCUT2D eigenvalue weighted by molar-refractivity contribution is 7.20. The number of para-hydroxylation sites is 5. The molecule has 4 heteroatoms. The molecular weight excluding hydrogens is 723 g/mol. The summed E-state index contributed by atoms with van der Waals surface area (Å²) in [7, 11) is -3.06. The van der Waals surface area contributed by atoms with Crippen LogP contribution in [0.3, 0.4) is 0 Å². The van der Waals surface area contributed by atoms with Gasteiger partial charge in [0.05, 0.1) is 11.0 Å². The van der Waals surface area contributed by atoms with Gasteiger partial charge in [-0.3, -0.25) is 0 Å². The lowest BCUT2D eigenvalue weighted by Crippen LogP contribution is -2.76. The molecule has 11 aromatic rings. The van der Waals surface area contributed by atoms with Gasteiger partial charge in [0.2, 0.25) is 0 Å². The minimum Gasteiger partial charge on any atom is -0.457 e. The average molecular weight is 758 g/mol. The Bertz CT molecular complexity index is 3330. The maximum absolute atomic E-state index is 7.13. The van der Waals surface area contributed by atoms with Gasteiger partial charge in [-0.25, -0.2) is 0 Å². The number of ether oxygens (including phenoxy) is 1. The molecule has 0 saturated carbocycles. The van der Waals surface area contributed by atoms with E-state index in [1.54, 1.807) is 0 Å². The fraction of sp³-hybridized carbons (Fsp3) is 0. The largest absolute Gasteiger partial charge is 0.457 e. The van der Waals surface area contributed by atoms with Gasteiger partial charge >= 0.3 is 0 Å². The summed E-state index contributed by atoms with van der Waals surface area (Å²) in [6.45, 7) is 0.